The summed E-state index contributed by atoms with van der Waals surface area (Å²) in [5.74, 6) is 0.735. The van der Waals surface area contributed by atoms with Crippen LogP contribution < -0.4 is 15.4 Å². The van der Waals surface area contributed by atoms with Crippen molar-refractivity contribution in [3.8, 4) is 0 Å². The van der Waals surface area contributed by atoms with Crippen LogP contribution in [-0.4, -0.2) is 45.5 Å². The number of aliphatic imine (C=N–C) groups is 1. The molecule has 0 fully saturated rings. The van der Waals surface area contributed by atoms with Gasteiger partial charge in [-0.15, -0.1) is 24.0 Å². The summed E-state index contributed by atoms with van der Waals surface area (Å²) in [5.41, 5.74) is 1.73. The van der Waals surface area contributed by atoms with E-state index in [1.54, 1.807) is 11.8 Å². The molecule has 0 bridgehead atoms. The van der Waals surface area contributed by atoms with E-state index in [-0.39, 0.29) is 34.5 Å². The highest BCUT2D eigenvalue weighted by Crippen LogP contribution is 2.19. The smallest absolute Gasteiger partial charge is 0.215 e. The van der Waals surface area contributed by atoms with Crippen molar-refractivity contribution in [2.24, 2.45) is 4.99 Å². The van der Waals surface area contributed by atoms with Gasteiger partial charge in [0.15, 0.2) is 5.96 Å². The Bertz CT molecular complexity index is 679. The molecule has 0 aliphatic rings. The van der Waals surface area contributed by atoms with E-state index < -0.39 is 10.0 Å². The molecular formula is C17H31IN4O2S2. The van der Waals surface area contributed by atoms with Gasteiger partial charge in [0.05, 0.1) is 12.3 Å². The average Bonchev–Trinajstić information content (AvgIpc) is 2.57. The summed E-state index contributed by atoms with van der Waals surface area (Å²) in [4.78, 5) is 4.60. The third-order valence-electron chi connectivity index (χ3n) is 3.66. The zero-order valence-electron chi connectivity index (χ0n) is 16.1. The Labute approximate surface area is 179 Å². The summed E-state index contributed by atoms with van der Waals surface area (Å²) in [6.45, 7) is 8.47. The van der Waals surface area contributed by atoms with E-state index >= 15 is 0 Å². The van der Waals surface area contributed by atoms with Gasteiger partial charge in [-0.25, -0.2) is 18.1 Å². The van der Waals surface area contributed by atoms with Gasteiger partial charge in [-0.1, -0.05) is 24.3 Å². The Balaban J connectivity index is 0.00000625. The van der Waals surface area contributed by atoms with Gasteiger partial charge >= 0.3 is 0 Å². The van der Waals surface area contributed by atoms with E-state index in [1.807, 2.05) is 31.2 Å². The van der Waals surface area contributed by atoms with Crippen LogP contribution in [0.2, 0.25) is 0 Å². The summed E-state index contributed by atoms with van der Waals surface area (Å²) >= 11 is 1.80. The maximum atomic E-state index is 11.7. The second-order valence-corrected chi connectivity index (χ2v) is 9.74. The number of sulfonamides is 1. The molecule has 0 aliphatic heterocycles. The molecule has 0 aliphatic carbocycles. The fourth-order valence-electron chi connectivity index (χ4n) is 1.99. The number of thioether (sulfide) groups is 1. The molecule has 26 heavy (non-hydrogen) atoms. The summed E-state index contributed by atoms with van der Waals surface area (Å²) < 4.78 is 25.8. The van der Waals surface area contributed by atoms with Crippen LogP contribution in [0.1, 0.15) is 31.9 Å². The highest BCUT2D eigenvalue weighted by atomic mass is 127. The first kappa shape index (κ1) is 25.5. The Morgan fingerprint density at radius 1 is 1.23 bits per heavy atom. The second kappa shape index (κ2) is 12.0. The Morgan fingerprint density at radius 3 is 2.46 bits per heavy atom. The molecule has 0 saturated heterocycles. The van der Waals surface area contributed by atoms with E-state index in [0.717, 1.165) is 30.2 Å². The van der Waals surface area contributed by atoms with Crippen molar-refractivity contribution in [3.63, 3.8) is 0 Å². The van der Waals surface area contributed by atoms with Gasteiger partial charge < -0.3 is 10.6 Å². The molecular weight excluding hydrogens is 483 g/mol. The molecule has 0 atom stereocenters. The zero-order valence-corrected chi connectivity index (χ0v) is 20.1. The van der Waals surface area contributed by atoms with Gasteiger partial charge in [0.2, 0.25) is 10.0 Å². The number of guanidine groups is 1. The van der Waals surface area contributed by atoms with Crippen LogP contribution >= 0.6 is 35.7 Å². The second-order valence-electron chi connectivity index (χ2n) is 6.30. The molecule has 1 aromatic carbocycles. The molecule has 0 saturated carbocycles. The number of hydrogen-bond acceptors (Lipinski definition) is 4. The van der Waals surface area contributed by atoms with Crippen molar-refractivity contribution in [1.29, 1.82) is 0 Å². The number of nitrogens with zero attached hydrogens (tertiary/aromatic N) is 1. The maximum Gasteiger partial charge on any atom is 0.215 e. The molecule has 0 heterocycles. The monoisotopic (exact) mass is 514 g/mol. The molecule has 1 aromatic rings. The van der Waals surface area contributed by atoms with Crippen molar-refractivity contribution in [3.05, 3.63) is 35.4 Å². The van der Waals surface area contributed by atoms with Crippen molar-refractivity contribution in [1.82, 2.24) is 15.4 Å². The van der Waals surface area contributed by atoms with Crippen molar-refractivity contribution in [2.75, 3.05) is 26.4 Å². The molecule has 0 radical (unpaired) electrons. The third kappa shape index (κ3) is 9.98. The number of hydrogen-bond donors (Lipinski definition) is 3. The van der Waals surface area contributed by atoms with Gasteiger partial charge in [0, 0.05) is 17.8 Å². The van der Waals surface area contributed by atoms with Crippen LogP contribution in [0.15, 0.2) is 29.3 Å². The van der Waals surface area contributed by atoms with E-state index in [1.165, 1.54) is 7.05 Å². The zero-order chi connectivity index (χ0) is 18.9. The minimum atomic E-state index is -3.27. The number of rotatable bonds is 9. The average molecular weight is 514 g/mol. The van der Waals surface area contributed by atoms with Crippen LogP contribution in [-0.2, 0) is 22.3 Å². The molecule has 0 spiro atoms. The van der Waals surface area contributed by atoms with Crippen molar-refractivity contribution in [2.45, 2.75) is 37.8 Å². The lowest BCUT2D eigenvalue weighted by atomic mass is 10.1. The minimum Gasteiger partial charge on any atom is -0.357 e. The summed E-state index contributed by atoms with van der Waals surface area (Å²) in [6.07, 6.45) is 2.09. The van der Waals surface area contributed by atoms with Crippen LogP contribution in [0.4, 0.5) is 0 Å². The Kier molecular flexibility index (Phi) is 11.8. The first-order chi connectivity index (χ1) is 11.7. The molecule has 0 aromatic heterocycles. The quantitative estimate of drug-likeness (QED) is 0.268. The molecule has 150 valence electrons. The largest absolute Gasteiger partial charge is 0.357 e. The van der Waals surface area contributed by atoms with Crippen LogP contribution in [0.3, 0.4) is 0 Å². The van der Waals surface area contributed by atoms with E-state index in [0.29, 0.717) is 6.54 Å². The molecule has 0 amide bonds. The van der Waals surface area contributed by atoms with Crippen LogP contribution in [0.5, 0.6) is 0 Å². The molecule has 0 unspecified atom stereocenters. The van der Waals surface area contributed by atoms with E-state index in [4.69, 9.17) is 0 Å². The Morgan fingerprint density at radius 2 is 1.88 bits per heavy atom. The van der Waals surface area contributed by atoms with Gasteiger partial charge in [-0.05, 0) is 45.2 Å². The standard InChI is InChI=1S/C17H30N4O2S2.HI/c1-6-19-16(21-13-17(2,3)24-5)20-11-14-8-7-9-15(10-14)12-25(22,23)18-4;/h7-10,18H,6,11-13H2,1-5H3,(H2,19,20,21);1H. The lowest BCUT2D eigenvalue weighted by molar-refractivity contribution is 0.587. The van der Waals surface area contributed by atoms with Crippen molar-refractivity contribution >= 4 is 51.7 Å². The van der Waals surface area contributed by atoms with Crippen LogP contribution in [0.25, 0.3) is 0 Å². The van der Waals surface area contributed by atoms with Crippen molar-refractivity contribution < 1.29 is 8.42 Å². The van der Waals surface area contributed by atoms with Gasteiger partial charge in [-0.3, -0.25) is 0 Å². The maximum absolute atomic E-state index is 11.7. The summed E-state index contributed by atoms with van der Waals surface area (Å²) in [7, 11) is -1.85. The SMILES string of the molecule is CCNC(=NCc1cccc(CS(=O)(=O)NC)c1)NCC(C)(C)SC.I. The lowest BCUT2D eigenvalue weighted by Gasteiger charge is -2.23. The summed E-state index contributed by atoms with van der Waals surface area (Å²) in [6, 6.07) is 7.51. The first-order valence-electron chi connectivity index (χ1n) is 8.27. The van der Waals surface area contributed by atoms with Gasteiger partial charge in [0.1, 0.15) is 0 Å². The topological polar surface area (TPSA) is 82.6 Å². The van der Waals surface area contributed by atoms with Crippen LogP contribution in [0, 0.1) is 0 Å². The number of halogens is 1. The third-order valence-corrected chi connectivity index (χ3v) is 6.24. The summed E-state index contributed by atoms with van der Waals surface area (Å²) in [5, 5.41) is 6.59. The highest BCUT2D eigenvalue weighted by molar-refractivity contribution is 14.0. The predicted octanol–water partition coefficient (Wildman–Crippen LogP) is 2.55. The molecule has 6 nitrogen and oxygen atoms in total. The predicted molar refractivity (Wildman–Crippen MR) is 124 cm³/mol. The molecule has 3 N–H and O–H groups in total. The van der Waals surface area contributed by atoms with Gasteiger partial charge in [-0.2, -0.15) is 11.8 Å². The minimum absolute atomic E-state index is 0. The van der Waals surface area contributed by atoms with Gasteiger partial charge in [0.25, 0.3) is 0 Å². The normalized spacial score (nSPS) is 12.4. The lowest BCUT2D eigenvalue weighted by Crippen LogP contribution is -2.43. The number of nitrogens with one attached hydrogen (secondary N) is 3. The molecule has 1 rings (SSSR count). The first-order valence-corrected chi connectivity index (χ1v) is 11.2. The highest BCUT2D eigenvalue weighted by Gasteiger charge is 2.16. The van der Waals surface area contributed by atoms with E-state index in [2.05, 4.69) is 40.5 Å². The van der Waals surface area contributed by atoms with E-state index in [9.17, 15) is 8.42 Å². The number of benzene rings is 1. The fourth-order valence-corrected chi connectivity index (χ4v) is 2.97. The Hall–Kier alpha value is -0.520. The molecule has 9 heteroatoms. The fraction of sp³-hybridized carbons (Fsp3) is 0.588.